The summed E-state index contributed by atoms with van der Waals surface area (Å²) in [6.45, 7) is 8.28. The van der Waals surface area contributed by atoms with Crippen LogP contribution in [0.2, 0.25) is 0 Å². The molecule has 7 heteroatoms. The van der Waals surface area contributed by atoms with Crippen molar-refractivity contribution in [1.29, 1.82) is 0 Å². The number of alkyl halides is 3. The molecule has 0 saturated carbocycles. The Balaban J connectivity index is 2.37. The van der Waals surface area contributed by atoms with E-state index in [1.807, 2.05) is 13.8 Å². The number of carbonyl (C=O) groups excluding carboxylic acids is 1. The number of nitrogens with two attached hydrogens (primary N) is 1. The largest absolute Gasteiger partial charge is 0.489 e. The Bertz CT molecular complexity index is 656. The minimum absolute atomic E-state index is 0.0606. The first-order valence-corrected chi connectivity index (χ1v) is 8.06. The van der Waals surface area contributed by atoms with Crippen LogP contribution in [0, 0.1) is 5.41 Å². The first-order chi connectivity index (χ1) is 11.6. The molecule has 0 bridgehead atoms. The molecule has 1 aromatic carbocycles. The fraction of sp³-hybridized carbons (Fsp3) is 0.500. The summed E-state index contributed by atoms with van der Waals surface area (Å²) in [7, 11) is 0. The molecule has 1 aliphatic heterocycles. The normalized spacial score (nSPS) is 20.2. The number of nitrogens with zero attached hydrogens (tertiary/aromatic N) is 1. The van der Waals surface area contributed by atoms with Gasteiger partial charge >= 0.3 is 6.18 Å². The van der Waals surface area contributed by atoms with E-state index in [1.54, 1.807) is 4.90 Å². The average Bonchev–Trinajstić information content (AvgIpc) is 2.53. The lowest BCUT2D eigenvalue weighted by atomic mass is 9.79. The highest BCUT2D eigenvalue weighted by atomic mass is 19.4. The lowest BCUT2D eigenvalue weighted by Crippen LogP contribution is -2.54. The fourth-order valence-corrected chi connectivity index (χ4v) is 2.87. The molecule has 0 radical (unpaired) electrons. The van der Waals surface area contributed by atoms with Crippen LogP contribution in [0.15, 0.2) is 30.9 Å². The molecule has 138 valence electrons. The number of piperidine rings is 1. The predicted molar refractivity (Wildman–Crippen MR) is 89.4 cm³/mol. The molecule has 1 aliphatic rings. The van der Waals surface area contributed by atoms with Gasteiger partial charge in [-0.3, -0.25) is 4.79 Å². The number of likely N-dealkylation sites (tertiary alicyclic amines) is 1. The Kier molecular flexibility index (Phi) is 5.46. The maximum absolute atomic E-state index is 13.0. The van der Waals surface area contributed by atoms with Gasteiger partial charge in [0.1, 0.15) is 12.4 Å². The molecule has 1 unspecified atom stereocenters. The average molecular weight is 356 g/mol. The summed E-state index contributed by atoms with van der Waals surface area (Å²) in [4.78, 5) is 14.4. The molecule has 1 atom stereocenters. The third-order valence-corrected chi connectivity index (χ3v) is 4.49. The van der Waals surface area contributed by atoms with E-state index in [1.165, 1.54) is 12.1 Å². The van der Waals surface area contributed by atoms with Crippen molar-refractivity contribution in [1.82, 2.24) is 4.90 Å². The van der Waals surface area contributed by atoms with E-state index in [-0.39, 0.29) is 29.4 Å². The van der Waals surface area contributed by atoms with Crippen molar-refractivity contribution in [3.05, 3.63) is 42.0 Å². The van der Waals surface area contributed by atoms with Gasteiger partial charge in [0, 0.05) is 19.1 Å². The lowest BCUT2D eigenvalue weighted by Gasteiger charge is -2.42. The molecular weight excluding hydrogens is 333 g/mol. The van der Waals surface area contributed by atoms with Crippen molar-refractivity contribution < 1.29 is 22.7 Å². The van der Waals surface area contributed by atoms with Gasteiger partial charge in [-0.2, -0.15) is 13.2 Å². The highest BCUT2D eigenvalue weighted by Crippen LogP contribution is 2.34. The van der Waals surface area contributed by atoms with Crippen molar-refractivity contribution in [3.63, 3.8) is 0 Å². The molecule has 2 N–H and O–H groups in total. The Hall–Kier alpha value is -2.02. The number of hydrogen-bond donors (Lipinski definition) is 1. The minimum atomic E-state index is -4.53. The van der Waals surface area contributed by atoms with Crippen LogP contribution >= 0.6 is 0 Å². The van der Waals surface area contributed by atoms with Crippen molar-refractivity contribution in [2.45, 2.75) is 32.5 Å². The van der Waals surface area contributed by atoms with Gasteiger partial charge in [0.05, 0.1) is 11.1 Å². The van der Waals surface area contributed by atoms with E-state index in [0.717, 1.165) is 12.1 Å². The quantitative estimate of drug-likeness (QED) is 0.841. The minimum Gasteiger partial charge on any atom is -0.489 e. The summed E-state index contributed by atoms with van der Waals surface area (Å²) < 4.78 is 44.5. The zero-order valence-corrected chi connectivity index (χ0v) is 14.4. The second kappa shape index (κ2) is 7.07. The molecular formula is C18H23F3N2O2. The van der Waals surface area contributed by atoms with Crippen molar-refractivity contribution in [3.8, 4) is 5.75 Å². The van der Waals surface area contributed by atoms with Crippen LogP contribution in [0.25, 0.3) is 0 Å². The topological polar surface area (TPSA) is 55.6 Å². The zero-order valence-electron chi connectivity index (χ0n) is 14.4. The van der Waals surface area contributed by atoms with Crippen molar-refractivity contribution in [2.24, 2.45) is 11.1 Å². The number of benzene rings is 1. The summed E-state index contributed by atoms with van der Waals surface area (Å²) in [5.41, 5.74) is 4.79. The SMILES string of the molecule is C=CCOc1ccc(C(F)(F)F)cc1C(=O)N1CCC(N)C(C)(C)C1. The van der Waals surface area contributed by atoms with Gasteiger partial charge in [-0.1, -0.05) is 26.5 Å². The van der Waals surface area contributed by atoms with Crippen LogP contribution < -0.4 is 10.5 Å². The second-order valence-electron chi connectivity index (χ2n) is 6.92. The van der Waals surface area contributed by atoms with Gasteiger partial charge in [0.2, 0.25) is 0 Å². The number of hydrogen-bond acceptors (Lipinski definition) is 3. The second-order valence-corrected chi connectivity index (χ2v) is 6.92. The first kappa shape index (κ1) is 19.3. The standard InChI is InChI=1S/C18H23F3N2O2/c1-4-9-25-14-6-5-12(18(19,20)21)10-13(14)16(24)23-8-7-15(22)17(2,3)11-23/h4-6,10,15H,1,7-9,11,22H2,2-3H3. The number of amides is 1. The molecule has 1 saturated heterocycles. The Morgan fingerprint density at radius 3 is 2.72 bits per heavy atom. The number of rotatable bonds is 4. The third kappa shape index (κ3) is 4.34. The van der Waals surface area contributed by atoms with Crippen LogP contribution in [-0.2, 0) is 6.18 Å². The van der Waals surface area contributed by atoms with Crippen molar-refractivity contribution >= 4 is 5.91 Å². The van der Waals surface area contributed by atoms with E-state index in [9.17, 15) is 18.0 Å². The molecule has 0 spiro atoms. The predicted octanol–water partition coefficient (Wildman–Crippen LogP) is 3.47. The van der Waals surface area contributed by atoms with Gasteiger partial charge in [-0.15, -0.1) is 0 Å². The third-order valence-electron chi connectivity index (χ3n) is 4.49. The highest BCUT2D eigenvalue weighted by Gasteiger charge is 2.37. The molecule has 1 aromatic rings. The smallest absolute Gasteiger partial charge is 0.416 e. The summed E-state index contributed by atoms with van der Waals surface area (Å²) in [6.07, 6.45) is -2.47. The van der Waals surface area contributed by atoms with Crippen LogP contribution in [0.5, 0.6) is 5.75 Å². The van der Waals surface area contributed by atoms with Crippen molar-refractivity contribution in [2.75, 3.05) is 19.7 Å². The van der Waals surface area contributed by atoms with Gasteiger partial charge in [0.25, 0.3) is 5.91 Å². The van der Waals surface area contributed by atoms with Crippen LogP contribution in [0.4, 0.5) is 13.2 Å². The fourth-order valence-electron chi connectivity index (χ4n) is 2.87. The summed E-state index contributed by atoms with van der Waals surface area (Å²) in [6, 6.07) is 2.88. The molecule has 1 amide bonds. The van der Waals surface area contributed by atoms with Crippen LogP contribution in [0.3, 0.4) is 0 Å². The highest BCUT2D eigenvalue weighted by molar-refractivity contribution is 5.97. The Morgan fingerprint density at radius 2 is 2.16 bits per heavy atom. The molecule has 1 fully saturated rings. The molecule has 25 heavy (non-hydrogen) atoms. The van der Waals surface area contributed by atoms with E-state index in [4.69, 9.17) is 10.5 Å². The molecule has 2 rings (SSSR count). The first-order valence-electron chi connectivity index (χ1n) is 8.06. The zero-order chi connectivity index (χ0) is 18.8. The number of halogens is 3. The van der Waals surface area contributed by atoms with E-state index in [2.05, 4.69) is 6.58 Å². The van der Waals surface area contributed by atoms with E-state index >= 15 is 0 Å². The van der Waals surface area contributed by atoms with Gasteiger partial charge in [-0.05, 0) is 30.0 Å². The van der Waals surface area contributed by atoms with Gasteiger partial charge in [-0.25, -0.2) is 0 Å². The molecule has 1 heterocycles. The Labute approximate surface area is 145 Å². The van der Waals surface area contributed by atoms with E-state index in [0.29, 0.717) is 19.5 Å². The van der Waals surface area contributed by atoms with Crippen LogP contribution in [-0.4, -0.2) is 36.5 Å². The molecule has 0 aliphatic carbocycles. The Morgan fingerprint density at radius 1 is 1.48 bits per heavy atom. The number of carbonyl (C=O) groups is 1. The lowest BCUT2D eigenvalue weighted by molar-refractivity contribution is -0.137. The van der Waals surface area contributed by atoms with Gasteiger partial charge in [0.15, 0.2) is 0 Å². The molecule has 4 nitrogen and oxygen atoms in total. The maximum Gasteiger partial charge on any atom is 0.416 e. The van der Waals surface area contributed by atoms with E-state index < -0.39 is 17.6 Å². The van der Waals surface area contributed by atoms with Crippen LogP contribution in [0.1, 0.15) is 36.2 Å². The monoisotopic (exact) mass is 356 g/mol. The maximum atomic E-state index is 13.0. The molecule has 0 aromatic heterocycles. The number of ether oxygens (including phenoxy) is 1. The van der Waals surface area contributed by atoms with Gasteiger partial charge < -0.3 is 15.4 Å². The summed E-state index contributed by atoms with van der Waals surface area (Å²) in [5, 5.41) is 0. The summed E-state index contributed by atoms with van der Waals surface area (Å²) in [5.74, 6) is -0.365. The summed E-state index contributed by atoms with van der Waals surface area (Å²) >= 11 is 0.